The zero-order valence-corrected chi connectivity index (χ0v) is 15.0. The fraction of sp³-hybridized carbons (Fsp3) is 0.200. The summed E-state index contributed by atoms with van der Waals surface area (Å²) in [5.41, 5.74) is 3.21. The highest BCUT2D eigenvalue weighted by Crippen LogP contribution is 2.29. The monoisotopic (exact) mass is 366 g/mol. The third-order valence-corrected chi connectivity index (χ3v) is 4.75. The Balaban J connectivity index is 1.54. The Hall–Kier alpha value is -2.79. The number of aromatic nitrogens is 2. The molecule has 132 valence electrons. The Bertz CT molecular complexity index is 931. The zero-order chi connectivity index (χ0) is 17.9. The van der Waals surface area contributed by atoms with Crippen molar-refractivity contribution in [3.8, 4) is 5.69 Å². The lowest BCUT2D eigenvalue weighted by Gasteiger charge is -2.21. The summed E-state index contributed by atoms with van der Waals surface area (Å²) in [5.74, 6) is -0.176. The van der Waals surface area contributed by atoms with Crippen LogP contribution in [-0.4, -0.2) is 28.8 Å². The van der Waals surface area contributed by atoms with Gasteiger partial charge in [-0.3, -0.25) is 4.79 Å². The number of nitrogens with zero attached hydrogens (tertiary/aromatic N) is 3. The normalized spacial score (nSPS) is 13.8. The summed E-state index contributed by atoms with van der Waals surface area (Å²) in [5, 5.41) is 7.93. The minimum Gasteiger partial charge on any atom is -0.370 e. The van der Waals surface area contributed by atoms with Gasteiger partial charge in [-0.1, -0.05) is 29.8 Å². The molecule has 2 aromatic carbocycles. The van der Waals surface area contributed by atoms with E-state index in [4.69, 9.17) is 11.6 Å². The van der Waals surface area contributed by atoms with Gasteiger partial charge in [0, 0.05) is 24.3 Å². The summed E-state index contributed by atoms with van der Waals surface area (Å²) >= 11 is 6.03. The molecule has 4 rings (SSSR count). The Kier molecular flexibility index (Phi) is 4.63. The van der Waals surface area contributed by atoms with Gasteiger partial charge in [-0.05, 0) is 43.2 Å². The maximum Gasteiger partial charge on any atom is 0.258 e. The molecule has 1 aliphatic heterocycles. The van der Waals surface area contributed by atoms with E-state index in [1.165, 1.54) is 12.8 Å². The SMILES string of the molecule is O=C(Nc1ccccc1N1CCCC1)c1cnn(-c2cccc(Cl)c2)c1. The number of rotatable bonds is 4. The number of carbonyl (C=O) groups is 1. The van der Waals surface area contributed by atoms with Gasteiger partial charge in [0.25, 0.3) is 5.91 Å². The third-order valence-electron chi connectivity index (χ3n) is 4.52. The van der Waals surface area contributed by atoms with Crippen LogP contribution in [0.5, 0.6) is 0 Å². The van der Waals surface area contributed by atoms with Crippen LogP contribution in [0.25, 0.3) is 5.69 Å². The number of carbonyl (C=O) groups excluding carboxylic acids is 1. The molecule has 1 amide bonds. The standard InChI is InChI=1S/C20H19ClN4O/c21-16-6-5-7-17(12-16)25-14-15(13-22-25)20(26)23-18-8-1-2-9-19(18)24-10-3-4-11-24/h1-2,5-9,12-14H,3-4,10-11H2,(H,23,26). The highest BCUT2D eigenvalue weighted by molar-refractivity contribution is 6.30. The Morgan fingerprint density at radius 1 is 1.08 bits per heavy atom. The van der Waals surface area contributed by atoms with Crippen molar-refractivity contribution in [1.29, 1.82) is 0 Å². The molecule has 6 heteroatoms. The lowest BCUT2D eigenvalue weighted by molar-refractivity contribution is 0.102. The van der Waals surface area contributed by atoms with E-state index >= 15 is 0 Å². The van der Waals surface area contributed by atoms with Crippen molar-refractivity contribution in [1.82, 2.24) is 9.78 Å². The summed E-state index contributed by atoms with van der Waals surface area (Å²) < 4.78 is 1.65. The average Bonchev–Trinajstić information content (AvgIpc) is 3.34. The van der Waals surface area contributed by atoms with Crippen molar-refractivity contribution in [2.45, 2.75) is 12.8 Å². The molecule has 1 aromatic heterocycles. The number of benzene rings is 2. The minimum atomic E-state index is -0.176. The summed E-state index contributed by atoms with van der Waals surface area (Å²) in [4.78, 5) is 15.0. The smallest absolute Gasteiger partial charge is 0.258 e. The second-order valence-electron chi connectivity index (χ2n) is 6.32. The molecular formula is C20H19ClN4O. The lowest BCUT2D eigenvalue weighted by Crippen LogP contribution is -2.21. The van der Waals surface area contributed by atoms with E-state index in [0.29, 0.717) is 10.6 Å². The summed E-state index contributed by atoms with van der Waals surface area (Å²) in [6.07, 6.45) is 5.65. The quantitative estimate of drug-likeness (QED) is 0.745. The van der Waals surface area contributed by atoms with Crippen LogP contribution >= 0.6 is 11.6 Å². The van der Waals surface area contributed by atoms with Crippen LogP contribution in [0.2, 0.25) is 5.02 Å². The third kappa shape index (κ3) is 3.44. The molecule has 0 unspecified atom stereocenters. The van der Waals surface area contributed by atoms with Crippen LogP contribution in [0.3, 0.4) is 0 Å². The van der Waals surface area contributed by atoms with Gasteiger partial charge >= 0.3 is 0 Å². The average molecular weight is 367 g/mol. The first-order valence-corrected chi connectivity index (χ1v) is 9.04. The Morgan fingerprint density at radius 3 is 2.69 bits per heavy atom. The highest BCUT2D eigenvalue weighted by Gasteiger charge is 2.17. The van der Waals surface area contributed by atoms with Crippen molar-refractivity contribution >= 4 is 28.9 Å². The van der Waals surface area contributed by atoms with Gasteiger partial charge in [-0.2, -0.15) is 5.10 Å². The number of hydrogen-bond donors (Lipinski definition) is 1. The second kappa shape index (κ2) is 7.22. The van der Waals surface area contributed by atoms with Crippen LogP contribution in [0, 0.1) is 0 Å². The zero-order valence-electron chi connectivity index (χ0n) is 14.2. The van der Waals surface area contributed by atoms with Crippen LogP contribution in [0.15, 0.2) is 60.9 Å². The van der Waals surface area contributed by atoms with Gasteiger partial charge in [0.15, 0.2) is 0 Å². The summed E-state index contributed by atoms with van der Waals surface area (Å²) in [7, 11) is 0. The molecule has 0 spiro atoms. The Morgan fingerprint density at radius 2 is 1.88 bits per heavy atom. The molecule has 0 saturated carbocycles. The van der Waals surface area contributed by atoms with Crippen molar-refractivity contribution in [3.63, 3.8) is 0 Å². The maximum absolute atomic E-state index is 12.7. The molecule has 5 nitrogen and oxygen atoms in total. The van der Waals surface area contributed by atoms with Gasteiger partial charge in [0.2, 0.25) is 0 Å². The number of amides is 1. The van der Waals surface area contributed by atoms with Crippen molar-refractivity contribution in [2.75, 3.05) is 23.3 Å². The number of para-hydroxylation sites is 2. The topological polar surface area (TPSA) is 50.2 Å². The number of nitrogens with one attached hydrogen (secondary N) is 1. The molecule has 0 aliphatic carbocycles. The first kappa shape index (κ1) is 16.7. The van der Waals surface area contributed by atoms with Crippen LogP contribution < -0.4 is 10.2 Å². The van der Waals surface area contributed by atoms with Gasteiger partial charge in [-0.25, -0.2) is 4.68 Å². The predicted octanol–water partition coefficient (Wildman–Crippen LogP) is 4.38. The van der Waals surface area contributed by atoms with Gasteiger partial charge in [-0.15, -0.1) is 0 Å². The van der Waals surface area contributed by atoms with Crippen LogP contribution in [0.1, 0.15) is 23.2 Å². The Labute approximate surface area is 157 Å². The van der Waals surface area contributed by atoms with E-state index in [-0.39, 0.29) is 5.91 Å². The molecule has 0 atom stereocenters. The van der Waals surface area contributed by atoms with Gasteiger partial charge in [0.05, 0.1) is 28.8 Å². The van der Waals surface area contributed by atoms with Gasteiger partial charge < -0.3 is 10.2 Å². The minimum absolute atomic E-state index is 0.176. The molecule has 1 saturated heterocycles. The maximum atomic E-state index is 12.7. The van der Waals surface area contributed by atoms with Crippen LogP contribution in [0.4, 0.5) is 11.4 Å². The van der Waals surface area contributed by atoms with Crippen LogP contribution in [-0.2, 0) is 0 Å². The first-order chi connectivity index (χ1) is 12.7. The van der Waals surface area contributed by atoms with E-state index in [9.17, 15) is 4.79 Å². The van der Waals surface area contributed by atoms with E-state index in [1.54, 1.807) is 29.2 Å². The summed E-state index contributed by atoms with van der Waals surface area (Å²) in [6.45, 7) is 2.05. The number of hydrogen-bond acceptors (Lipinski definition) is 3. The molecule has 1 N–H and O–H groups in total. The molecule has 0 radical (unpaired) electrons. The van der Waals surface area contributed by atoms with E-state index < -0.39 is 0 Å². The van der Waals surface area contributed by atoms with E-state index in [0.717, 1.165) is 30.2 Å². The molecule has 1 fully saturated rings. The highest BCUT2D eigenvalue weighted by atomic mass is 35.5. The number of halogens is 1. The molecule has 26 heavy (non-hydrogen) atoms. The van der Waals surface area contributed by atoms with Gasteiger partial charge in [0.1, 0.15) is 0 Å². The first-order valence-electron chi connectivity index (χ1n) is 8.67. The largest absolute Gasteiger partial charge is 0.370 e. The fourth-order valence-corrected chi connectivity index (χ4v) is 3.39. The summed E-state index contributed by atoms with van der Waals surface area (Å²) in [6, 6.07) is 15.3. The molecule has 3 aromatic rings. The second-order valence-corrected chi connectivity index (χ2v) is 6.76. The molecule has 1 aliphatic rings. The predicted molar refractivity (Wildman–Crippen MR) is 104 cm³/mol. The molecule has 2 heterocycles. The molecule has 0 bridgehead atoms. The lowest BCUT2D eigenvalue weighted by atomic mass is 10.2. The van der Waals surface area contributed by atoms with Crippen molar-refractivity contribution < 1.29 is 4.79 Å². The van der Waals surface area contributed by atoms with Crippen molar-refractivity contribution in [2.24, 2.45) is 0 Å². The van der Waals surface area contributed by atoms with E-state index in [2.05, 4.69) is 21.4 Å². The van der Waals surface area contributed by atoms with E-state index in [1.807, 2.05) is 30.3 Å². The molecular weight excluding hydrogens is 348 g/mol. The number of anilines is 2. The fourth-order valence-electron chi connectivity index (χ4n) is 3.21. The van der Waals surface area contributed by atoms with Crippen molar-refractivity contribution in [3.05, 3.63) is 71.5 Å².